The van der Waals surface area contributed by atoms with Crippen LogP contribution in [0.4, 0.5) is 0 Å². The molecule has 0 radical (unpaired) electrons. The van der Waals surface area contributed by atoms with Crippen LogP contribution in [0.1, 0.15) is 5.82 Å². The molecule has 2 heterocycles. The van der Waals surface area contributed by atoms with Gasteiger partial charge in [0.15, 0.2) is 11.5 Å². The van der Waals surface area contributed by atoms with Crippen LogP contribution in [0.25, 0.3) is 5.69 Å². The highest BCUT2D eigenvalue weighted by Crippen LogP contribution is 2.33. The van der Waals surface area contributed by atoms with Gasteiger partial charge in [0, 0.05) is 18.5 Å². The van der Waals surface area contributed by atoms with Crippen molar-refractivity contribution in [3.8, 4) is 17.2 Å². The Morgan fingerprint density at radius 2 is 2.19 bits per heavy atom. The van der Waals surface area contributed by atoms with Gasteiger partial charge >= 0.3 is 0 Å². The molecule has 0 spiro atoms. The third kappa shape index (κ3) is 1.33. The molecular formula is C11H11N3O2. The highest BCUT2D eigenvalue weighted by molar-refractivity contribution is 5.50. The van der Waals surface area contributed by atoms with Crippen molar-refractivity contribution in [3.05, 3.63) is 36.4 Å². The second kappa shape index (κ2) is 3.53. The summed E-state index contributed by atoms with van der Waals surface area (Å²) in [7, 11) is 0. The van der Waals surface area contributed by atoms with Crippen LogP contribution in [0, 0.1) is 0 Å². The van der Waals surface area contributed by atoms with Crippen molar-refractivity contribution in [1.82, 2.24) is 9.55 Å². The second-order valence-corrected chi connectivity index (χ2v) is 3.46. The van der Waals surface area contributed by atoms with Crippen molar-refractivity contribution in [1.29, 1.82) is 0 Å². The summed E-state index contributed by atoms with van der Waals surface area (Å²) in [6, 6.07) is 5.76. The van der Waals surface area contributed by atoms with E-state index >= 15 is 0 Å². The van der Waals surface area contributed by atoms with Crippen LogP contribution in [0.15, 0.2) is 30.6 Å². The van der Waals surface area contributed by atoms with E-state index in [9.17, 15) is 0 Å². The van der Waals surface area contributed by atoms with Crippen LogP contribution in [0.2, 0.25) is 0 Å². The van der Waals surface area contributed by atoms with Crippen molar-refractivity contribution in [2.24, 2.45) is 5.73 Å². The minimum Gasteiger partial charge on any atom is -0.454 e. The first-order valence-corrected chi connectivity index (χ1v) is 5.01. The zero-order valence-corrected chi connectivity index (χ0v) is 8.59. The molecule has 1 aromatic heterocycles. The number of nitrogens with zero attached hydrogens (tertiary/aromatic N) is 2. The molecule has 0 unspecified atom stereocenters. The van der Waals surface area contributed by atoms with E-state index in [4.69, 9.17) is 15.2 Å². The summed E-state index contributed by atoms with van der Waals surface area (Å²) in [4.78, 5) is 4.17. The first kappa shape index (κ1) is 9.23. The van der Waals surface area contributed by atoms with Crippen molar-refractivity contribution in [3.63, 3.8) is 0 Å². The van der Waals surface area contributed by atoms with E-state index in [0.29, 0.717) is 6.54 Å². The van der Waals surface area contributed by atoms with Gasteiger partial charge in [0.2, 0.25) is 6.79 Å². The Hall–Kier alpha value is -2.01. The maximum absolute atomic E-state index is 5.61. The monoisotopic (exact) mass is 217 g/mol. The van der Waals surface area contributed by atoms with Gasteiger partial charge in [-0.25, -0.2) is 4.98 Å². The molecule has 0 fully saturated rings. The average molecular weight is 217 g/mol. The summed E-state index contributed by atoms with van der Waals surface area (Å²) in [5.74, 6) is 2.35. The van der Waals surface area contributed by atoms with Gasteiger partial charge in [-0.1, -0.05) is 0 Å². The lowest BCUT2D eigenvalue weighted by Crippen LogP contribution is -2.06. The molecule has 2 aromatic rings. The number of imidazole rings is 1. The topological polar surface area (TPSA) is 62.3 Å². The van der Waals surface area contributed by atoms with E-state index < -0.39 is 0 Å². The molecule has 2 N–H and O–H groups in total. The van der Waals surface area contributed by atoms with E-state index in [-0.39, 0.29) is 6.79 Å². The Morgan fingerprint density at radius 1 is 1.31 bits per heavy atom. The third-order valence-corrected chi connectivity index (χ3v) is 2.53. The summed E-state index contributed by atoms with van der Waals surface area (Å²) in [6.45, 7) is 0.688. The quantitative estimate of drug-likeness (QED) is 0.817. The molecule has 0 bridgehead atoms. The summed E-state index contributed by atoms with van der Waals surface area (Å²) < 4.78 is 12.5. The lowest BCUT2D eigenvalue weighted by Gasteiger charge is -2.06. The smallest absolute Gasteiger partial charge is 0.231 e. The van der Waals surface area contributed by atoms with Crippen molar-refractivity contribution in [2.75, 3.05) is 6.79 Å². The number of nitrogens with two attached hydrogens (primary N) is 1. The molecule has 5 heteroatoms. The number of hydrogen-bond donors (Lipinski definition) is 1. The molecule has 3 rings (SSSR count). The van der Waals surface area contributed by atoms with E-state index in [2.05, 4.69) is 4.98 Å². The number of benzene rings is 1. The molecule has 82 valence electrons. The molecule has 0 saturated heterocycles. The van der Waals surface area contributed by atoms with Gasteiger partial charge in [-0.3, -0.25) is 0 Å². The van der Waals surface area contributed by atoms with Gasteiger partial charge in [-0.2, -0.15) is 0 Å². The first-order chi connectivity index (χ1) is 7.88. The SMILES string of the molecule is NCc1nccn1-c1ccc2c(c1)OCO2. The predicted molar refractivity (Wildman–Crippen MR) is 57.6 cm³/mol. The summed E-state index contributed by atoms with van der Waals surface area (Å²) >= 11 is 0. The summed E-state index contributed by atoms with van der Waals surface area (Å²) in [5.41, 5.74) is 6.58. The van der Waals surface area contributed by atoms with E-state index in [1.807, 2.05) is 29.0 Å². The Kier molecular flexibility index (Phi) is 2.04. The van der Waals surface area contributed by atoms with Gasteiger partial charge in [-0.05, 0) is 12.1 Å². The minimum atomic E-state index is 0.284. The Bertz CT molecular complexity index is 522. The Morgan fingerprint density at radius 3 is 3.06 bits per heavy atom. The van der Waals surface area contributed by atoms with Crippen molar-refractivity contribution in [2.45, 2.75) is 6.54 Å². The largest absolute Gasteiger partial charge is 0.454 e. The maximum atomic E-state index is 5.61. The van der Waals surface area contributed by atoms with Crippen LogP contribution < -0.4 is 15.2 Å². The van der Waals surface area contributed by atoms with Gasteiger partial charge in [0.25, 0.3) is 0 Å². The number of aromatic nitrogens is 2. The molecule has 1 aliphatic heterocycles. The fraction of sp³-hybridized carbons (Fsp3) is 0.182. The molecule has 0 amide bonds. The van der Waals surface area contributed by atoms with Crippen LogP contribution in [0.3, 0.4) is 0 Å². The lowest BCUT2D eigenvalue weighted by atomic mass is 10.2. The zero-order chi connectivity index (χ0) is 11.0. The van der Waals surface area contributed by atoms with E-state index in [0.717, 1.165) is 23.0 Å². The summed E-state index contributed by atoms with van der Waals surface area (Å²) in [6.07, 6.45) is 3.60. The molecule has 16 heavy (non-hydrogen) atoms. The van der Waals surface area contributed by atoms with Gasteiger partial charge in [-0.15, -0.1) is 0 Å². The predicted octanol–water partition coefficient (Wildman–Crippen LogP) is 1.06. The fourth-order valence-corrected chi connectivity index (χ4v) is 1.76. The normalized spacial score (nSPS) is 13.1. The minimum absolute atomic E-state index is 0.284. The number of rotatable bonds is 2. The van der Waals surface area contributed by atoms with Crippen molar-refractivity contribution < 1.29 is 9.47 Å². The molecular weight excluding hydrogens is 206 g/mol. The van der Waals surface area contributed by atoms with Crippen LogP contribution in [0.5, 0.6) is 11.5 Å². The second-order valence-electron chi connectivity index (χ2n) is 3.46. The molecule has 1 aliphatic rings. The van der Waals surface area contributed by atoms with Gasteiger partial charge in [0.1, 0.15) is 5.82 Å². The fourth-order valence-electron chi connectivity index (χ4n) is 1.76. The van der Waals surface area contributed by atoms with Gasteiger partial charge < -0.3 is 19.8 Å². The van der Waals surface area contributed by atoms with Crippen LogP contribution in [-0.4, -0.2) is 16.3 Å². The standard InChI is InChI=1S/C11H11N3O2/c12-6-11-13-3-4-14(11)8-1-2-9-10(5-8)16-7-15-9/h1-5H,6-7,12H2. The van der Waals surface area contributed by atoms with Crippen LogP contribution in [-0.2, 0) is 6.54 Å². The Labute approximate surface area is 92.4 Å². The first-order valence-electron chi connectivity index (χ1n) is 5.01. The third-order valence-electron chi connectivity index (χ3n) is 2.53. The molecule has 0 atom stereocenters. The molecule has 0 aliphatic carbocycles. The van der Waals surface area contributed by atoms with E-state index in [1.165, 1.54) is 0 Å². The average Bonchev–Trinajstić information content (AvgIpc) is 2.96. The summed E-state index contributed by atoms with van der Waals surface area (Å²) in [5, 5.41) is 0. The molecule has 5 nitrogen and oxygen atoms in total. The zero-order valence-electron chi connectivity index (χ0n) is 8.59. The highest BCUT2D eigenvalue weighted by atomic mass is 16.7. The number of fused-ring (bicyclic) bond motifs is 1. The molecule has 1 aromatic carbocycles. The molecule has 0 saturated carbocycles. The van der Waals surface area contributed by atoms with Crippen molar-refractivity contribution >= 4 is 0 Å². The maximum Gasteiger partial charge on any atom is 0.231 e. The number of hydrogen-bond acceptors (Lipinski definition) is 4. The van der Waals surface area contributed by atoms with Crippen LogP contribution >= 0.6 is 0 Å². The highest BCUT2D eigenvalue weighted by Gasteiger charge is 2.14. The number of ether oxygens (including phenoxy) is 2. The van der Waals surface area contributed by atoms with E-state index in [1.54, 1.807) is 6.20 Å². The van der Waals surface area contributed by atoms with Gasteiger partial charge in [0.05, 0.1) is 12.2 Å². The Balaban J connectivity index is 2.07. The lowest BCUT2D eigenvalue weighted by molar-refractivity contribution is 0.174.